The van der Waals surface area contributed by atoms with E-state index in [0.717, 1.165) is 5.69 Å². The van der Waals surface area contributed by atoms with Crippen LogP contribution in [0.3, 0.4) is 0 Å². The fourth-order valence-electron chi connectivity index (χ4n) is 0.754. The van der Waals surface area contributed by atoms with Crippen molar-refractivity contribution in [1.82, 2.24) is 5.01 Å². The zero-order valence-corrected chi connectivity index (χ0v) is 8.40. The molecule has 2 nitrogen and oxygen atoms in total. The van der Waals surface area contributed by atoms with Gasteiger partial charge in [0.15, 0.2) is 4.32 Å². The molecule has 0 spiro atoms. The van der Waals surface area contributed by atoms with E-state index in [0.29, 0.717) is 4.32 Å². The summed E-state index contributed by atoms with van der Waals surface area (Å²) in [5.41, 5.74) is 4.05. The van der Waals surface area contributed by atoms with E-state index >= 15 is 0 Å². The van der Waals surface area contributed by atoms with Gasteiger partial charge in [0.2, 0.25) is 0 Å². The Labute approximate surface area is 83.0 Å². The normalized spacial score (nSPS) is 9.17. The molecule has 0 atom stereocenters. The van der Waals surface area contributed by atoms with Gasteiger partial charge in [-0.05, 0) is 12.1 Å². The lowest BCUT2D eigenvalue weighted by atomic mass is 10.3. The van der Waals surface area contributed by atoms with Crippen LogP contribution in [0.4, 0.5) is 5.69 Å². The van der Waals surface area contributed by atoms with Crippen molar-refractivity contribution in [2.75, 3.05) is 12.5 Å². The third kappa shape index (κ3) is 2.71. The second-order valence-electron chi connectivity index (χ2n) is 2.32. The predicted molar refractivity (Wildman–Crippen MR) is 59.4 cm³/mol. The molecule has 0 aliphatic rings. The molecule has 0 saturated carbocycles. The Bertz CT molecular complexity index is 261. The van der Waals surface area contributed by atoms with E-state index in [4.69, 9.17) is 12.2 Å². The maximum absolute atomic E-state index is 4.84. The molecule has 0 aromatic heterocycles. The number of nitrogens with one attached hydrogen (secondary N) is 1. The molecule has 0 fully saturated rings. The second-order valence-corrected chi connectivity index (χ2v) is 3.43. The first kappa shape index (κ1) is 9.35. The van der Waals surface area contributed by atoms with Crippen molar-refractivity contribution >= 4 is 34.9 Å². The Balaban J connectivity index is 2.58. The topological polar surface area (TPSA) is 15.3 Å². The van der Waals surface area contributed by atoms with Crippen LogP contribution in [-0.4, -0.2) is 16.4 Å². The van der Waals surface area contributed by atoms with Crippen LogP contribution in [0.2, 0.25) is 0 Å². The molecule has 0 radical (unpaired) electrons. The first-order valence-corrected chi connectivity index (χ1v) is 4.34. The Morgan fingerprint density at radius 1 is 1.42 bits per heavy atom. The molecule has 0 heterocycles. The molecule has 0 aliphatic heterocycles. The van der Waals surface area contributed by atoms with E-state index in [1.54, 1.807) is 5.01 Å². The van der Waals surface area contributed by atoms with E-state index in [9.17, 15) is 0 Å². The monoisotopic (exact) mass is 198 g/mol. The molecule has 0 unspecified atom stereocenters. The summed E-state index contributed by atoms with van der Waals surface area (Å²) in [6, 6.07) is 9.80. The number of nitrogens with zero attached hydrogens (tertiary/aromatic N) is 1. The summed E-state index contributed by atoms with van der Waals surface area (Å²) in [5, 5.41) is 1.67. The molecule has 1 aromatic rings. The Morgan fingerprint density at radius 2 is 2.00 bits per heavy atom. The summed E-state index contributed by atoms with van der Waals surface area (Å²) < 4.78 is 0.513. The van der Waals surface area contributed by atoms with Crippen molar-refractivity contribution in [3.05, 3.63) is 30.3 Å². The van der Waals surface area contributed by atoms with Gasteiger partial charge in [-0.1, -0.05) is 30.4 Å². The SMILES string of the molecule is CN(Nc1ccccc1)C(=S)S. The third-order valence-corrected chi connectivity index (χ3v) is 1.93. The van der Waals surface area contributed by atoms with E-state index < -0.39 is 0 Å². The number of para-hydroxylation sites is 1. The first-order chi connectivity index (χ1) is 5.70. The minimum Gasteiger partial charge on any atom is -0.297 e. The van der Waals surface area contributed by atoms with Gasteiger partial charge in [-0.25, -0.2) is 0 Å². The lowest BCUT2D eigenvalue weighted by molar-refractivity contribution is 0.633. The van der Waals surface area contributed by atoms with Crippen LogP contribution in [0.5, 0.6) is 0 Å². The summed E-state index contributed by atoms with van der Waals surface area (Å²) in [4.78, 5) is 0. The van der Waals surface area contributed by atoms with Crippen LogP contribution in [0, 0.1) is 0 Å². The Kier molecular flexibility index (Phi) is 3.37. The summed E-state index contributed by atoms with van der Waals surface area (Å²) >= 11 is 8.86. The number of thiocarbonyl (C=S) groups is 1. The van der Waals surface area contributed by atoms with Gasteiger partial charge < -0.3 is 0 Å². The van der Waals surface area contributed by atoms with Gasteiger partial charge in [0.25, 0.3) is 0 Å². The van der Waals surface area contributed by atoms with Crippen molar-refractivity contribution in [3.8, 4) is 0 Å². The zero-order valence-electron chi connectivity index (χ0n) is 6.69. The van der Waals surface area contributed by atoms with E-state index in [1.807, 2.05) is 37.4 Å². The predicted octanol–water partition coefficient (Wildman–Crippen LogP) is 2.16. The number of thiol groups is 1. The standard InChI is InChI=1S/C8H10N2S2/c1-10(8(11)12)9-7-5-3-2-4-6-7/h2-6,9H,1H3,(H,11,12). The molecule has 1 aromatic carbocycles. The highest BCUT2D eigenvalue weighted by atomic mass is 32.1. The van der Waals surface area contributed by atoms with Crippen molar-refractivity contribution in [2.45, 2.75) is 0 Å². The molecule has 1 rings (SSSR count). The molecule has 1 N–H and O–H groups in total. The van der Waals surface area contributed by atoms with Gasteiger partial charge in [-0.2, -0.15) is 0 Å². The first-order valence-electron chi connectivity index (χ1n) is 3.48. The molecule has 0 bridgehead atoms. The summed E-state index contributed by atoms with van der Waals surface area (Å²) in [6.07, 6.45) is 0. The molecule has 0 saturated heterocycles. The maximum Gasteiger partial charge on any atom is 0.151 e. The summed E-state index contributed by atoms with van der Waals surface area (Å²) in [6.45, 7) is 0. The highest BCUT2D eigenvalue weighted by Crippen LogP contribution is 2.06. The van der Waals surface area contributed by atoms with E-state index in [1.165, 1.54) is 0 Å². The van der Waals surface area contributed by atoms with Gasteiger partial charge in [0.05, 0.1) is 5.69 Å². The molecular formula is C8H10N2S2. The zero-order chi connectivity index (χ0) is 8.97. The fourth-order valence-corrected chi connectivity index (χ4v) is 0.850. The van der Waals surface area contributed by atoms with Gasteiger partial charge in [-0.15, -0.1) is 12.6 Å². The average Bonchev–Trinajstić information content (AvgIpc) is 2.06. The number of rotatable bonds is 2. The Morgan fingerprint density at radius 3 is 2.50 bits per heavy atom. The number of hydrogen-bond acceptors (Lipinski definition) is 2. The van der Waals surface area contributed by atoms with E-state index in [-0.39, 0.29) is 0 Å². The number of hydrogen-bond donors (Lipinski definition) is 2. The number of hydrazine groups is 1. The maximum atomic E-state index is 4.84. The van der Waals surface area contributed by atoms with Gasteiger partial charge in [0.1, 0.15) is 0 Å². The third-order valence-electron chi connectivity index (χ3n) is 1.36. The van der Waals surface area contributed by atoms with Crippen molar-refractivity contribution in [3.63, 3.8) is 0 Å². The van der Waals surface area contributed by atoms with Crippen molar-refractivity contribution in [1.29, 1.82) is 0 Å². The minimum atomic E-state index is 0.513. The van der Waals surface area contributed by atoms with Crippen LogP contribution in [0.25, 0.3) is 0 Å². The lowest BCUT2D eigenvalue weighted by Gasteiger charge is -2.18. The lowest BCUT2D eigenvalue weighted by Crippen LogP contribution is -2.27. The largest absolute Gasteiger partial charge is 0.297 e. The Hall–Kier alpha value is -0.740. The minimum absolute atomic E-state index is 0.513. The molecular weight excluding hydrogens is 188 g/mol. The van der Waals surface area contributed by atoms with Gasteiger partial charge >= 0.3 is 0 Å². The highest BCUT2D eigenvalue weighted by molar-refractivity contribution is 8.10. The molecule has 12 heavy (non-hydrogen) atoms. The average molecular weight is 198 g/mol. The molecule has 4 heteroatoms. The van der Waals surface area contributed by atoms with Crippen LogP contribution < -0.4 is 5.43 Å². The van der Waals surface area contributed by atoms with Crippen LogP contribution >= 0.6 is 24.8 Å². The summed E-state index contributed by atoms with van der Waals surface area (Å²) in [5.74, 6) is 0. The van der Waals surface area contributed by atoms with Crippen LogP contribution in [0.1, 0.15) is 0 Å². The van der Waals surface area contributed by atoms with Crippen molar-refractivity contribution in [2.24, 2.45) is 0 Å². The molecule has 0 aliphatic carbocycles. The smallest absolute Gasteiger partial charge is 0.151 e. The van der Waals surface area contributed by atoms with Gasteiger partial charge in [0, 0.05) is 7.05 Å². The second kappa shape index (κ2) is 4.33. The quantitative estimate of drug-likeness (QED) is 0.430. The van der Waals surface area contributed by atoms with Crippen LogP contribution in [0.15, 0.2) is 30.3 Å². The summed E-state index contributed by atoms with van der Waals surface area (Å²) in [7, 11) is 1.82. The molecule has 0 amide bonds. The highest BCUT2D eigenvalue weighted by Gasteiger charge is 1.96. The fraction of sp³-hybridized carbons (Fsp3) is 0.125. The number of anilines is 1. The van der Waals surface area contributed by atoms with E-state index in [2.05, 4.69) is 18.1 Å². The van der Waals surface area contributed by atoms with Crippen molar-refractivity contribution < 1.29 is 0 Å². The van der Waals surface area contributed by atoms with Crippen LogP contribution in [-0.2, 0) is 0 Å². The van der Waals surface area contributed by atoms with Gasteiger partial charge in [-0.3, -0.25) is 10.4 Å². The molecule has 64 valence electrons. The number of benzene rings is 1.